The Morgan fingerprint density at radius 3 is 3.25 bits per heavy atom. The Labute approximate surface area is 101 Å². The van der Waals surface area contributed by atoms with Gasteiger partial charge in [-0.2, -0.15) is 0 Å². The minimum Gasteiger partial charge on any atom is -0.384 e. The molecule has 1 aromatic heterocycles. The van der Waals surface area contributed by atoms with Crippen LogP contribution in [-0.4, -0.2) is 36.8 Å². The summed E-state index contributed by atoms with van der Waals surface area (Å²) in [6.07, 6.45) is 4.10. The van der Waals surface area contributed by atoms with Crippen molar-refractivity contribution < 1.29 is 4.74 Å². The first-order chi connectivity index (χ1) is 7.79. The molecule has 0 amide bonds. The highest BCUT2D eigenvalue weighted by Crippen LogP contribution is 2.22. The molecule has 1 aromatic rings. The average Bonchev–Trinajstić information content (AvgIpc) is 2.30. The smallest absolute Gasteiger partial charge is 0.224 e. The standard InChI is InChI=1S/C11H16ClN3O/c1-16-8-9-3-2-6-15(7-9)10-4-5-13-11(12)14-10/h4-5,9H,2-3,6-8H2,1H3. The van der Waals surface area contributed by atoms with Gasteiger partial charge in [0.05, 0.1) is 6.61 Å². The van der Waals surface area contributed by atoms with E-state index in [1.54, 1.807) is 13.3 Å². The van der Waals surface area contributed by atoms with Gasteiger partial charge in [-0.1, -0.05) is 0 Å². The maximum atomic E-state index is 5.79. The Morgan fingerprint density at radius 1 is 1.62 bits per heavy atom. The molecule has 0 spiro atoms. The fraction of sp³-hybridized carbons (Fsp3) is 0.636. The zero-order valence-electron chi connectivity index (χ0n) is 9.40. The molecule has 2 heterocycles. The monoisotopic (exact) mass is 241 g/mol. The lowest BCUT2D eigenvalue weighted by Crippen LogP contribution is -2.37. The van der Waals surface area contributed by atoms with Crippen LogP contribution in [0.2, 0.25) is 5.28 Å². The number of hydrogen-bond donors (Lipinski definition) is 0. The van der Waals surface area contributed by atoms with Crippen molar-refractivity contribution in [1.82, 2.24) is 9.97 Å². The van der Waals surface area contributed by atoms with Crippen molar-refractivity contribution in [1.29, 1.82) is 0 Å². The van der Waals surface area contributed by atoms with Crippen LogP contribution in [0.25, 0.3) is 0 Å². The van der Waals surface area contributed by atoms with E-state index >= 15 is 0 Å². The fourth-order valence-electron chi connectivity index (χ4n) is 2.15. The molecule has 0 radical (unpaired) electrons. The Morgan fingerprint density at radius 2 is 2.50 bits per heavy atom. The lowest BCUT2D eigenvalue weighted by atomic mass is 9.99. The lowest BCUT2D eigenvalue weighted by molar-refractivity contribution is 0.143. The van der Waals surface area contributed by atoms with Gasteiger partial charge in [0, 0.05) is 26.4 Å². The van der Waals surface area contributed by atoms with E-state index in [-0.39, 0.29) is 0 Å². The summed E-state index contributed by atoms with van der Waals surface area (Å²) in [4.78, 5) is 10.4. The molecule has 0 aromatic carbocycles. The second kappa shape index (κ2) is 5.46. The number of rotatable bonds is 3. The van der Waals surface area contributed by atoms with Gasteiger partial charge in [-0.15, -0.1) is 0 Å². The molecule has 0 bridgehead atoms. The third-order valence-corrected chi connectivity index (χ3v) is 3.04. The molecule has 2 rings (SSSR count). The quantitative estimate of drug-likeness (QED) is 0.759. The first-order valence-electron chi connectivity index (χ1n) is 5.52. The molecule has 1 atom stereocenters. The number of methoxy groups -OCH3 is 1. The van der Waals surface area contributed by atoms with Crippen molar-refractivity contribution in [2.45, 2.75) is 12.8 Å². The number of nitrogens with zero attached hydrogens (tertiary/aromatic N) is 3. The molecule has 0 aliphatic carbocycles. The second-order valence-electron chi connectivity index (χ2n) is 4.09. The van der Waals surface area contributed by atoms with Gasteiger partial charge >= 0.3 is 0 Å². The summed E-state index contributed by atoms with van der Waals surface area (Å²) in [5.74, 6) is 1.51. The normalized spacial score (nSPS) is 21.1. The number of anilines is 1. The molecule has 1 unspecified atom stereocenters. The maximum Gasteiger partial charge on any atom is 0.224 e. The molecule has 16 heavy (non-hydrogen) atoms. The average molecular weight is 242 g/mol. The Balaban J connectivity index is 2.03. The first kappa shape index (κ1) is 11.6. The minimum absolute atomic E-state index is 0.311. The van der Waals surface area contributed by atoms with E-state index in [1.807, 2.05) is 6.07 Å². The maximum absolute atomic E-state index is 5.79. The first-order valence-corrected chi connectivity index (χ1v) is 5.90. The molecule has 88 valence electrons. The van der Waals surface area contributed by atoms with Crippen molar-refractivity contribution in [3.63, 3.8) is 0 Å². The highest BCUT2D eigenvalue weighted by molar-refractivity contribution is 6.28. The molecular weight excluding hydrogens is 226 g/mol. The van der Waals surface area contributed by atoms with Crippen LogP contribution < -0.4 is 4.90 Å². The zero-order chi connectivity index (χ0) is 11.4. The molecule has 5 heteroatoms. The highest BCUT2D eigenvalue weighted by Gasteiger charge is 2.20. The van der Waals surface area contributed by atoms with Gasteiger partial charge in [0.2, 0.25) is 5.28 Å². The molecule has 1 fully saturated rings. The molecule has 1 saturated heterocycles. The van der Waals surface area contributed by atoms with E-state index in [4.69, 9.17) is 16.3 Å². The van der Waals surface area contributed by atoms with E-state index < -0.39 is 0 Å². The van der Waals surface area contributed by atoms with E-state index in [1.165, 1.54) is 12.8 Å². The SMILES string of the molecule is COCC1CCCN(c2ccnc(Cl)n2)C1. The van der Waals surface area contributed by atoms with E-state index in [2.05, 4.69) is 14.9 Å². The van der Waals surface area contributed by atoms with E-state index in [0.29, 0.717) is 11.2 Å². The Bertz CT molecular complexity index is 346. The summed E-state index contributed by atoms with van der Waals surface area (Å²) < 4.78 is 5.20. The van der Waals surface area contributed by atoms with Gasteiger partial charge in [0.25, 0.3) is 0 Å². The summed E-state index contributed by atoms with van der Waals surface area (Å²) >= 11 is 5.79. The summed E-state index contributed by atoms with van der Waals surface area (Å²) in [7, 11) is 1.75. The Hall–Kier alpha value is -0.870. The van der Waals surface area contributed by atoms with Crippen molar-refractivity contribution >= 4 is 17.4 Å². The van der Waals surface area contributed by atoms with Crippen LogP contribution in [0.15, 0.2) is 12.3 Å². The van der Waals surface area contributed by atoms with Crippen molar-refractivity contribution in [3.05, 3.63) is 17.5 Å². The third kappa shape index (κ3) is 2.83. The van der Waals surface area contributed by atoms with Crippen LogP contribution in [0.5, 0.6) is 0 Å². The van der Waals surface area contributed by atoms with Gasteiger partial charge in [-0.05, 0) is 36.4 Å². The summed E-state index contributed by atoms with van der Waals surface area (Å²) in [6.45, 7) is 2.84. The van der Waals surface area contributed by atoms with Crippen LogP contribution in [0.4, 0.5) is 5.82 Å². The van der Waals surface area contributed by atoms with Gasteiger partial charge in [-0.25, -0.2) is 9.97 Å². The number of piperidine rings is 1. The van der Waals surface area contributed by atoms with Crippen LogP contribution >= 0.6 is 11.6 Å². The molecule has 4 nitrogen and oxygen atoms in total. The second-order valence-corrected chi connectivity index (χ2v) is 4.43. The van der Waals surface area contributed by atoms with Gasteiger partial charge in [0.15, 0.2) is 0 Å². The molecule has 1 aliphatic heterocycles. The zero-order valence-corrected chi connectivity index (χ0v) is 10.2. The van der Waals surface area contributed by atoms with Crippen LogP contribution in [0.3, 0.4) is 0 Å². The number of hydrogen-bond acceptors (Lipinski definition) is 4. The van der Waals surface area contributed by atoms with E-state index in [9.17, 15) is 0 Å². The fourth-order valence-corrected chi connectivity index (χ4v) is 2.29. The number of halogens is 1. The number of ether oxygens (including phenoxy) is 1. The van der Waals surface area contributed by atoms with Crippen molar-refractivity contribution in [3.8, 4) is 0 Å². The number of aromatic nitrogens is 2. The van der Waals surface area contributed by atoms with Gasteiger partial charge in [0.1, 0.15) is 5.82 Å². The Kier molecular flexibility index (Phi) is 3.96. The predicted molar refractivity (Wildman–Crippen MR) is 63.9 cm³/mol. The van der Waals surface area contributed by atoms with Crippen LogP contribution in [-0.2, 0) is 4.74 Å². The summed E-state index contributed by atoms with van der Waals surface area (Å²) in [6, 6.07) is 1.90. The topological polar surface area (TPSA) is 38.2 Å². The lowest BCUT2D eigenvalue weighted by Gasteiger charge is -2.33. The van der Waals surface area contributed by atoms with Crippen LogP contribution in [0, 0.1) is 5.92 Å². The van der Waals surface area contributed by atoms with Gasteiger partial charge in [-0.3, -0.25) is 0 Å². The van der Waals surface area contributed by atoms with Crippen LogP contribution in [0.1, 0.15) is 12.8 Å². The molecule has 1 aliphatic rings. The predicted octanol–water partition coefficient (Wildman–Crippen LogP) is 1.99. The largest absolute Gasteiger partial charge is 0.384 e. The summed E-state index contributed by atoms with van der Waals surface area (Å²) in [5.41, 5.74) is 0. The highest BCUT2D eigenvalue weighted by atomic mass is 35.5. The molecule has 0 N–H and O–H groups in total. The van der Waals surface area contributed by atoms with Crippen molar-refractivity contribution in [2.75, 3.05) is 31.7 Å². The molecular formula is C11H16ClN3O. The van der Waals surface area contributed by atoms with E-state index in [0.717, 1.165) is 25.5 Å². The summed E-state index contributed by atoms with van der Waals surface area (Å²) in [5, 5.41) is 0.311. The van der Waals surface area contributed by atoms with Crippen molar-refractivity contribution in [2.24, 2.45) is 5.92 Å². The van der Waals surface area contributed by atoms with Gasteiger partial charge < -0.3 is 9.64 Å². The molecule has 0 saturated carbocycles. The minimum atomic E-state index is 0.311. The third-order valence-electron chi connectivity index (χ3n) is 2.86.